The average Bonchev–Trinajstić information content (AvgIpc) is 2.63. The number of nitro groups is 1. The Labute approximate surface area is 92.6 Å². The molecule has 0 saturated heterocycles. The van der Waals surface area contributed by atoms with Crippen molar-refractivity contribution in [3.05, 3.63) is 27.1 Å². The van der Waals surface area contributed by atoms with Gasteiger partial charge in [-0.3, -0.25) is 10.1 Å². The highest BCUT2D eigenvalue weighted by Gasteiger charge is 2.10. The molecule has 0 bridgehead atoms. The summed E-state index contributed by atoms with van der Waals surface area (Å²) in [4.78, 5) is 13.2. The zero-order valence-corrected chi connectivity index (χ0v) is 9.50. The van der Waals surface area contributed by atoms with Crippen LogP contribution < -0.4 is 5.73 Å². The van der Waals surface area contributed by atoms with Crippen LogP contribution in [0, 0.1) is 10.1 Å². The third kappa shape index (κ3) is 3.94. The first-order valence-corrected chi connectivity index (χ1v) is 5.57. The van der Waals surface area contributed by atoms with Crippen LogP contribution in [-0.4, -0.2) is 30.0 Å². The molecule has 0 atom stereocenters. The highest BCUT2D eigenvalue weighted by molar-refractivity contribution is 7.15. The van der Waals surface area contributed by atoms with Crippen LogP contribution in [0.25, 0.3) is 0 Å². The van der Waals surface area contributed by atoms with Gasteiger partial charge in [0.2, 0.25) is 0 Å². The van der Waals surface area contributed by atoms with Crippen LogP contribution in [-0.2, 0) is 6.54 Å². The van der Waals surface area contributed by atoms with Crippen LogP contribution in [0.1, 0.15) is 11.3 Å². The lowest BCUT2D eigenvalue weighted by Gasteiger charge is -2.14. The van der Waals surface area contributed by atoms with Gasteiger partial charge in [0.15, 0.2) is 0 Å². The predicted molar refractivity (Wildman–Crippen MR) is 61.0 cm³/mol. The number of nitrogens with two attached hydrogens (primary N) is 1. The molecule has 0 spiro atoms. The van der Waals surface area contributed by atoms with Gasteiger partial charge in [-0.05, 0) is 32.6 Å². The van der Waals surface area contributed by atoms with Crippen LogP contribution in [0.5, 0.6) is 0 Å². The van der Waals surface area contributed by atoms with Crippen molar-refractivity contribution >= 4 is 16.3 Å². The molecule has 1 heterocycles. The van der Waals surface area contributed by atoms with Gasteiger partial charge in [0.25, 0.3) is 0 Å². The second kappa shape index (κ2) is 5.79. The molecule has 0 aliphatic heterocycles. The van der Waals surface area contributed by atoms with E-state index in [1.165, 1.54) is 11.3 Å². The van der Waals surface area contributed by atoms with Crippen LogP contribution in [0.2, 0.25) is 0 Å². The number of rotatable bonds is 6. The molecule has 0 aliphatic carbocycles. The Morgan fingerprint density at radius 2 is 2.33 bits per heavy atom. The normalized spacial score (nSPS) is 10.9. The molecule has 0 fully saturated rings. The van der Waals surface area contributed by atoms with Gasteiger partial charge >= 0.3 is 5.00 Å². The first-order chi connectivity index (χ1) is 7.13. The molecule has 0 amide bonds. The van der Waals surface area contributed by atoms with Gasteiger partial charge < -0.3 is 10.6 Å². The van der Waals surface area contributed by atoms with Crippen molar-refractivity contribution in [3.8, 4) is 0 Å². The molecular formula is C9H15N3O2S. The molecular weight excluding hydrogens is 214 g/mol. The predicted octanol–water partition coefficient (Wildman–Crippen LogP) is 1.44. The van der Waals surface area contributed by atoms with Gasteiger partial charge in [-0.15, -0.1) is 0 Å². The Balaban J connectivity index is 2.46. The van der Waals surface area contributed by atoms with Crippen LogP contribution in [0.3, 0.4) is 0 Å². The smallest absolute Gasteiger partial charge is 0.324 e. The van der Waals surface area contributed by atoms with Gasteiger partial charge in [0.05, 0.1) is 4.92 Å². The second-order valence-electron chi connectivity index (χ2n) is 3.38. The molecule has 0 aliphatic rings. The van der Waals surface area contributed by atoms with E-state index in [0.717, 1.165) is 24.4 Å². The summed E-state index contributed by atoms with van der Waals surface area (Å²) in [5.41, 5.74) is 5.40. The molecule has 1 aromatic rings. The lowest BCUT2D eigenvalue weighted by Crippen LogP contribution is -2.20. The van der Waals surface area contributed by atoms with Crippen molar-refractivity contribution in [2.24, 2.45) is 5.73 Å². The number of nitrogens with zero attached hydrogens (tertiary/aromatic N) is 2. The average molecular weight is 229 g/mol. The molecule has 2 N–H and O–H groups in total. The van der Waals surface area contributed by atoms with E-state index in [2.05, 4.69) is 4.90 Å². The highest BCUT2D eigenvalue weighted by atomic mass is 32.1. The summed E-state index contributed by atoms with van der Waals surface area (Å²) in [6.45, 7) is 2.34. The first kappa shape index (κ1) is 12.1. The molecule has 0 unspecified atom stereocenters. The number of hydrogen-bond donors (Lipinski definition) is 1. The summed E-state index contributed by atoms with van der Waals surface area (Å²) in [7, 11) is 1.99. The lowest BCUT2D eigenvalue weighted by atomic mass is 10.3. The summed E-state index contributed by atoms with van der Waals surface area (Å²) in [6, 6.07) is 3.36. The Bertz CT molecular complexity index is 327. The van der Waals surface area contributed by atoms with Crippen molar-refractivity contribution in [2.45, 2.75) is 13.0 Å². The summed E-state index contributed by atoms with van der Waals surface area (Å²) in [6.07, 6.45) is 0.948. The second-order valence-corrected chi connectivity index (χ2v) is 4.52. The van der Waals surface area contributed by atoms with Gasteiger partial charge in [0.1, 0.15) is 0 Å². The number of hydrogen-bond acceptors (Lipinski definition) is 5. The largest absolute Gasteiger partial charge is 0.330 e. The Kier molecular flexibility index (Phi) is 4.67. The summed E-state index contributed by atoms with van der Waals surface area (Å²) in [5.74, 6) is 0. The molecule has 15 heavy (non-hydrogen) atoms. The molecule has 0 saturated carbocycles. The van der Waals surface area contributed by atoms with E-state index in [1.54, 1.807) is 6.07 Å². The fraction of sp³-hybridized carbons (Fsp3) is 0.556. The van der Waals surface area contributed by atoms with E-state index in [9.17, 15) is 10.1 Å². The van der Waals surface area contributed by atoms with E-state index in [0.29, 0.717) is 6.54 Å². The third-order valence-electron chi connectivity index (χ3n) is 2.00. The number of thiophene rings is 1. The Morgan fingerprint density at radius 3 is 2.87 bits per heavy atom. The minimum atomic E-state index is -0.353. The van der Waals surface area contributed by atoms with Crippen LogP contribution >= 0.6 is 11.3 Å². The van der Waals surface area contributed by atoms with Crippen molar-refractivity contribution < 1.29 is 4.92 Å². The monoisotopic (exact) mass is 229 g/mol. The quantitative estimate of drug-likeness (QED) is 0.591. The third-order valence-corrected chi connectivity index (χ3v) is 3.02. The SMILES string of the molecule is CN(CCCN)Cc1ccc([N+](=O)[O-])s1. The topological polar surface area (TPSA) is 72.4 Å². The van der Waals surface area contributed by atoms with Crippen LogP contribution in [0.15, 0.2) is 12.1 Å². The molecule has 0 aromatic carbocycles. The molecule has 6 heteroatoms. The van der Waals surface area contributed by atoms with Gasteiger partial charge in [-0.25, -0.2) is 0 Å². The maximum absolute atomic E-state index is 10.5. The first-order valence-electron chi connectivity index (χ1n) is 4.75. The van der Waals surface area contributed by atoms with Gasteiger partial charge in [-0.2, -0.15) is 0 Å². The van der Waals surface area contributed by atoms with Crippen molar-refractivity contribution in [1.29, 1.82) is 0 Å². The van der Waals surface area contributed by atoms with Crippen molar-refractivity contribution in [3.63, 3.8) is 0 Å². The zero-order chi connectivity index (χ0) is 11.3. The minimum absolute atomic E-state index is 0.206. The maximum Gasteiger partial charge on any atom is 0.324 e. The standard InChI is InChI=1S/C9H15N3O2S/c1-11(6-2-5-10)7-8-3-4-9(15-8)12(13)14/h3-4H,2,5-7,10H2,1H3. The Hall–Kier alpha value is -0.980. The van der Waals surface area contributed by atoms with Crippen molar-refractivity contribution in [2.75, 3.05) is 20.1 Å². The molecule has 0 radical (unpaired) electrons. The minimum Gasteiger partial charge on any atom is -0.330 e. The van der Waals surface area contributed by atoms with E-state index in [-0.39, 0.29) is 9.92 Å². The summed E-state index contributed by atoms with van der Waals surface area (Å²) in [5, 5.41) is 10.7. The fourth-order valence-electron chi connectivity index (χ4n) is 1.26. The summed E-state index contributed by atoms with van der Waals surface area (Å²) < 4.78 is 0. The molecule has 84 valence electrons. The maximum atomic E-state index is 10.5. The van der Waals surface area contributed by atoms with Crippen LogP contribution in [0.4, 0.5) is 5.00 Å². The van der Waals surface area contributed by atoms with Gasteiger partial charge in [-0.1, -0.05) is 11.3 Å². The van der Waals surface area contributed by atoms with Crippen molar-refractivity contribution in [1.82, 2.24) is 4.90 Å². The molecule has 5 nitrogen and oxygen atoms in total. The highest BCUT2D eigenvalue weighted by Crippen LogP contribution is 2.24. The Morgan fingerprint density at radius 1 is 1.60 bits per heavy atom. The molecule has 1 rings (SSSR count). The van der Waals surface area contributed by atoms with E-state index < -0.39 is 0 Å². The van der Waals surface area contributed by atoms with E-state index in [1.807, 2.05) is 13.1 Å². The van der Waals surface area contributed by atoms with E-state index >= 15 is 0 Å². The van der Waals surface area contributed by atoms with Gasteiger partial charge in [0, 0.05) is 17.5 Å². The zero-order valence-electron chi connectivity index (χ0n) is 8.68. The van der Waals surface area contributed by atoms with E-state index in [4.69, 9.17) is 5.73 Å². The lowest BCUT2D eigenvalue weighted by molar-refractivity contribution is -0.380. The fourth-order valence-corrected chi connectivity index (χ4v) is 2.16. The summed E-state index contributed by atoms with van der Waals surface area (Å²) >= 11 is 1.23. The molecule has 1 aromatic heterocycles.